The minimum Gasteiger partial charge on any atom is -0.482 e. The lowest BCUT2D eigenvalue weighted by Crippen LogP contribution is -2.25. The van der Waals surface area contributed by atoms with E-state index in [1.165, 1.54) is 18.2 Å². The molecule has 0 saturated carbocycles. The fraction of sp³-hybridized carbons (Fsp3) is 0.150. The van der Waals surface area contributed by atoms with Crippen molar-refractivity contribution >= 4 is 44.8 Å². The molecule has 1 N–H and O–H groups in total. The summed E-state index contributed by atoms with van der Waals surface area (Å²) in [5.74, 6) is -1.35. The van der Waals surface area contributed by atoms with Crippen LogP contribution < -0.4 is 10.1 Å². The Morgan fingerprint density at radius 2 is 2.11 bits per heavy atom. The van der Waals surface area contributed by atoms with Crippen LogP contribution in [0.1, 0.15) is 25.6 Å². The number of hydrogen-bond donors (Lipinski definition) is 1. The zero-order valence-electron chi connectivity index (χ0n) is 14.7. The van der Waals surface area contributed by atoms with Crippen LogP contribution >= 0.6 is 11.3 Å². The highest BCUT2D eigenvalue weighted by Crippen LogP contribution is 2.33. The molecule has 0 bridgehead atoms. The second-order valence-corrected chi connectivity index (χ2v) is 7.27. The second-order valence-electron chi connectivity index (χ2n) is 6.22. The number of nitrogens with one attached hydrogen (secondary N) is 1. The lowest BCUT2D eigenvalue weighted by atomic mass is 10.1. The minimum atomic E-state index is -0.680. The van der Waals surface area contributed by atoms with Crippen LogP contribution in [-0.2, 0) is 9.53 Å². The predicted molar refractivity (Wildman–Crippen MR) is 102 cm³/mol. The third kappa shape index (κ3) is 3.22. The predicted octanol–water partition coefficient (Wildman–Crippen LogP) is 3.72. The number of thiophene rings is 1. The number of Topliss-reactive ketones (excluding diaryl/α,β-unsaturated/α-hetero) is 1. The summed E-state index contributed by atoms with van der Waals surface area (Å²) in [4.78, 5) is 36.4. The van der Waals surface area contributed by atoms with E-state index < -0.39 is 24.2 Å². The fourth-order valence-corrected chi connectivity index (χ4v) is 4.10. The molecule has 2 heterocycles. The summed E-state index contributed by atoms with van der Waals surface area (Å²) in [6.45, 7) is 1.10. The van der Waals surface area contributed by atoms with Crippen LogP contribution in [0.4, 0.5) is 10.1 Å². The highest BCUT2D eigenvalue weighted by atomic mass is 32.1. The SMILES string of the molecule is Cc1c(C(=O)OCC(=O)c2ccc3c(c2)NC(=O)CO3)sc2cccc(F)c12. The van der Waals surface area contributed by atoms with E-state index >= 15 is 0 Å². The van der Waals surface area contributed by atoms with Gasteiger partial charge in [-0.15, -0.1) is 11.3 Å². The van der Waals surface area contributed by atoms with Gasteiger partial charge in [-0.2, -0.15) is 0 Å². The third-order valence-corrected chi connectivity index (χ3v) is 5.59. The average molecular weight is 399 g/mol. The Balaban J connectivity index is 1.49. The molecule has 0 fully saturated rings. The summed E-state index contributed by atoms with van der Waals surface area (Å²) in [6.07, 6.45) is 0. The van der Waals surface area contributed by atoms with Crippen molar-refractivity contribution in [2.24, 2.45) is 0 Å². The quantitative estimate of drug-likeness (QED) is 0.534. The minimum absolute atomic E-state index is 0.0764. The number of benzene rings is 2. The van der Waals surface area contributed by atoms with E-state index in [4.69, 9.17) is 9.47 Å². The number of rotatable bonds is 4. The second kappa shape index (κ2) is 7.05. The molecule has 1 aliphatic rings. The number of ether oxygens (including phenoxy) is 2. The maximum absolute atomic E-state index is 14.0. The van der Waals surface area contributed by atoms with Gasteiger partial charge in [0.25, 0.3) is 5.91 Å². The van der Waals surface area contributed by atoms with Crippen molar-refractivity contribution in [3.63, 3.8) is 0 Å². The van der Waals surface area contributed by atoms with Gasteiger partial charge < -0.3 is 14.8 Å². The van der Waals surface area contributed by atoms with Crippen molar-refractivity contribution in [1.29, 1.82) is 0 Å². The Morgan fingerprint density at radius 1 is 1.29 bits per heavy atom. The van der Waals surface area contributed by atoms with Crippen molar-refractivity contribution < 1.29 is 28.2 Å². The van der Waals surface area contributed by atoms with Gasteiger partial charge in [0.05, 0.1) is 5.69 Å². The van der Waals surface area contributed by atoms with Crippen molar-refractivity contribution in [3.05, 3.63) is 58.2 Å². The van der Waals surface area contributed by atoms with Gasteiger partial charge in [-0.1, -0.05) is 6.07 Å². The summed E-state index contributed by atoms with van der Waals surface area (Å²) in [5, 5.41) is 3.00. The van der Waals surface area contributed by atoms with Crippen molar-refractivity contribution in [2.45, 2.75) is 6.92 Å². The smallest absolute Gasteiger partial charge is 0.349 e. The number of amides is 1. The van der Waals surface area contributed by atoms with Gasteiger partial charge in [-0.3, -0.25) is 9.59 Å². The average Bonchev–Trinajstić information content (AvgIpc) is 3.03. The standard InChI is InChI=1S/C20H14FNO5S/c1-10-18-12(21)3-2-4-16(18)28-19(10)20(25)27-8-14(23)11-5-6-15-13(7-11)22-17(24)9-26-15/h2-7H,8-9H2,1H3,(H,22,24). The van der Waals surface area contributed by atoms with E-state index in [9.17, 15) is 18.8 Å². The summed E-state index contributed by atoms with van der Waals surface area (Å²) in [6, 6.07) is 9.21. The number of aryl methyl sites for hydroxylation is 1. The number of fused-ring (bicyclic) bond motifs is 2. The number of carbonyl (C=O) groups is 3. The summed E-state index contributed by atoms with van der Waals surface area (Å²) < 4.78 is 25.0. The zero-order valence-corrected chi connectivity index (χ0v) is 15.5. The normalized spacial score (nSPS) is 12.9. The van der Waals surface area contributed by atoms with E-state index in [-0.39, 0.29) is 23.0 Å². The molecule has 0 aliphatic carbocycles. The highest BCUT2D eigenvalue weighted by Gasteiger charge is 2.21. The molecule has 0 radical (unpaired) electrons. The summed E-state index contributed by atoms with van der Waals surface area (Å²) >= 11 is 1.12. The molecule has 8 heteroatoms. The Labute approximate surface area is 162 Å². The molecular formula is C20H14FNO5S. The molecule has 3 aromatic rings. The van der Waals surface area contributed by atoms with E-state index in [1.54, 1.807) is 25.1 Å². The van der Waals surface area contributed by atoms with Gasteiger partial charge in [0.2, 0.25) is 0 Å². The van der Waals surface area contributed by atoms with Crippen LogP contribution in [-0.4, -0.2) is 30.9 Å². The topological polar surface area (TPSA) is 81.7 Å². The number of halogens is 1. The first-order chi connectivity index (χ1) is 13.4. The third-order valence-electron chi connectivity index (χ3n) is 4.36. The van der Waals surface area contributed by atoms with Gasteiger partial charge >= 0.3 is 5.97 Å². The highest BCUT2D eigenvalue weighted by molar-refractivity contribution is 7.21. The first kappa shape index (κ1) is 18.1. The lowest BCUT2D eigenvalue weighted by molar-refractivity contribution is -0.118. The van der Waals surface area contributed by atoms with Crippen LogP contribution in [0.5, 0.6) is 5.75 Å². The molecule has 6 nitrogen and oxygen atoms in total. The molecule has 1 amide bonds. The molecule has 1 aliphatic heterocycles. The van der Waals surface area contributed by atoms with Crippen LogP contribution in [0.15, 0.2) is 36.4 Å². The number of carbonyl (C=O) groups excluding carboxylic acids is 3. The molecule has 0 atom stereocenters. The first-order valence-electron chi connectivity index (χ1n) is 8.38. The van der Waals surface area contributed by atoms with Crippen LogP contribution in [0, 0.1) is 12.7 Å². The van der Waals surface area contributed by atoms with E-state index in [0.29, 0.717) is 27.1 Å². The monoisotopic (exact) mass is 399 g/mol. The molecule has 1 aromatic heterocycles. The van der Waals surface area contributed by atoms with Gasteiger partial charge in [0.15, 0.2) is 19.0 Å². The summed E-state index contributed by atoms with van der Waals surface area (Å²) in [7, 11) is 0. The maximum atomic E-state index is 14.0. The van der Waals surface area contributed by atoms with E-state index in [0.717, 1.165) is 11.3 Å². The van der Waals surface area contributed by atoms with Crippen LogP contribution in [0.2, 0.25) is 0 Å². The molecule has 0 saturated heterocycles. The van der Waals surface area contributed by atoms with Crippen molar-refractivity contribution in [3.8, 4) is 5.75 Å². The van der Waals surface area contributed by atoms with Crippen molar-refractivity contribution in [2.75, 3.05) is 18.5 Å². The Bertz CT molecular complexity index is 1140. The number of esters is 1. The van der Waals surface area contributed by atoms with Gasteiger partial charge in [0, 0.05) is 15.6 Å². The first-order valence-corrected chi connectivity index (χ1v) is 9.20. The van der Waals surface area contributed by atoms with Gasteiger partial charge in [-0.05, 0) is 42.8 Å². The Hall–Kier alpha value is -3.26. The Morgan fingerprint density at radius 3 is 2.89 bits per heavy atom. The molecule has 142 valence electrons. The van der Waals surface area contributed by atoms with Gasteiger partial charge in [0.1, 0.15) is 16.4 Å². The molecule has 2 aromatic carbocycles. The maximum Gasteiger partial charge on any atom is 0.349 e. The molecule has 28 heavy (non-hydrogen) atoms. The lowest BCUT2D eigenvalue weighted by Gasteiger charge is -2.18. The van der Waals surface area contributed by atoms with E-state index in [1.807, 2.05) is 0 Å². The van der Waals surface area contributed by atoms with Crippen LogP contribution in [0.25, 0.3) is 10.1 Å². The number of ketones is 1. The fourth-order valence-electron chi connectivity index (χ4n) is 2.98. The molecule has 4 rings (SSSR count). The number of hydrogen-bond acceptors (Lipinski definition) is 6. The largest absolute Gasteiger partial charge is 0.482 e. The number of anilines is 1. The summed E-state index contributed by atoms with van der Waals surface area (Å²) in [5.41, 5.74) is 1.16. The molecule has 0 unspecified atom stereocenters. The molecular weight excluding hydrogens is 385 g/mol. The van der Waals surface area contributed by atoms with Crippen molar-refractivity contribution in [1.82, 2.24) is 0 Å². The van der Waals surface area contributed by atoms with Gasteiger partial charge in [-0.25, -0.2) is 9.18 Å². The zero-order chi connectivity index (χ0) is 19.8. The van der Waals surface area contributed by atoms with Crippen LogP contribution in [0.3, 0.4) is 0 Å². The van der Waals surface area contributed by atoms with E-state index in [2.05, 4.69) is 5.32 Å². The molecule has 0 spiro atoms. The Kier molecular flexibility index (Phi) is 4.56.